The van der Waals surface area contributed by atoms with Gasteiger partial charge in [-0.05, 0) is 54.4 Å². The second kappa shape index (κ2) is 10.1. The van der Waals surface area contributed by atoms with Crippen LogP contribution in [0.1, 0.15) is 23.7 Å². The van der Waals surface area contributed by atoms with E-state index in [0.717, 1.165) is 46.0 Å². The Balaban J connectivity index is 1.38. The molecule has 1 amide bonds. The second-order valence-electron chi connectivity index (χ2n) is 8.66. The van der Waals surface area contributed by atoms with E-state index < -0.39 is 0 Å². The Morgan fingerprint density at radius 1 is 1.06 bits per heavy atom. The van der Waals surface area contributed by atoms with Crippen molar-refractivity contribution in [1.29, 1.82) is 0 Å². The Morgan fingerprint density at radius 2 is 1.83 bits per heavy atom. The fourth-order valence-electron chi connectivity index (χ4n) is 4.75. The predicted molar refractivity (Wildman–Crippen MR) is 138 cm³/mol. The zero-order valence-electron chi connectivity index (χ0n) is 19.9. The maximum Gasteiger partial charge on any atom is 0.227 e. The highest BCUT2D eigenvalue weighted by atomic mass is 16.5. The van der Waals surface area contributed by atoms with E-state index in [2.05, 4.69) is 23.3 Å². The third-order valence-corrected chi connectivity index (χ3v) is 6.47. The number of rotatable bonds is 9. The van der Waals surface area contributed by atoms with Gasteiger partial charge in [0.1, 0.15) is 23.9 Å². The van der Waals surface area contributed by atoms with Gasteiger partial charge in [-0.3, -0.25) is 4.79 Å². The Hall–Kier alpha value is -4.06. The number of methoxy groups -OCH3 is 1. The monoisotopic (exact) mass is 467 g/mol. The highest BCUT2D eigenvalue weighted by molar-refractivity contribution is 5.96. The van der Waals surface area contributed by atoms with Crippen molar-refractivity contribution >= 4 is 22.6 Å². The molecular formula is C29H29N3O3. The summed E-state index contributed by atoms with van der Waals surface area (Å²) in [6, 6.07) is 23.8. The summed E-state index contributed by atoms with van der Waals surface area (Å²) in [6.45, 7) is 5.59. The van der Waals surface area contributed by atoms with E-state index in [1.807, 2.05) is 71.6 Å². The molecule has 1 saturated heterocycles. The number of ether oxygens (including phenoxy) is 2. The summed E-state index contributed by atoms with van der Waals surface area (Å²) in [7, 11) is 1.64. The molecule has 3 aromatic carbocycles. The summed E-state index contributed by atoms with van der Waals surface area (Å²) in [5.41, 5.74) is 3.99. The molecule has 5 rings (SSSR count). The van der Waals surface area contributed by atoms with Crippen LogP contribution in [0.25, 0.3) is 11.0 Å². The molecule has 178 valence electrons. The lowest BCUT2D eigenvalue weighted by molar-refractivity contribution is -0.117. The number of anilines is 1. The molecule has 1 aliphatic rings. The first kappa shape index (κ1) is 22.7. The van der Waals surface area contributed by atoms with Crippen LogP contribution in [0.5, 0.6) is 11.5 Å². The van der Waals surface area contributed by atoms with Crippen LogP contribution in [0.15, 0.2) is 85.5 Å². The van der Waals surface area contributed by atoms with Crippen LogP contribution in [-0.4, -0.2) is 35.7 Å². The lowest BCUT2D eigenvalue weighted by atomic mass is 10.1. The van der Waals surface area contributed by atoms with E-state index in [1.165, 1.54) is 0 Å². The molecule has 1 fully saturated rings. The van der Waals surface area contributed by atoms with Crippen LogP contribution in [-0.2, 0) is 17.8 Å². The van der Waals surface area contributed by atoms with Crippen molar-refractivity contribution in [2.45, 2.75) is 25.3 Å². The molecule has 0 spiro atoms. The first-order chi connectivity index (χ1) is 17.2. The highest BCUT2D eigenvalue weighted by Crippen LogP contribution is 2.34. The number of fused-ring (bicyclic) bond motifs is 1. The number of carbonyl (C=O) groups is 1. The maximum absolute atomic E-state index is 13.0. The van der Waals surface area contributed by atoms with E-state index >= 15 is 0 Å². The third kappa shape index (κ3) is 4.64. The molecule has 6 nitrogen and oxygen atoms in total. The van der Waals surface area contributed by atoms with Gasteiger partial charge in [0.05, 0.1) is 24.7 Å². The second-order valence-corrected chi connectivity index (χ2v) is 8.66. The molecule has 0 bridgehead atoms. The summed E-state index contributed by atoms with van der Waals surface area (Å²) in [4.78, 5) is 19.8. The molecule has 6 heteroatoms. The van der Waals surface area contributed by atoms with Crippen molar-refractivity contribution in [3.05, 3.63) is 96.8 Å². The standard InChI is InChI=1S/C29H29N3O3/c1-3-8-21-9-4-7-12-27(21)35-18-17-31-26-11-6-5-10-25(26)30-29(31)22-19-28(33)32(20-22)23-13-15-24(34-2)16-14-23/h3-7,9-16,22H,1,8,17-20H2,2H3/t22-/m0/s1. The van der Waals surface area contributed by atoms with Crippen LogP contribution in [0.3, 0.4) is 0 Å². The van der Waals surface area contributed by atoms with E-state index in [1.54, 1.807) is 7.11 Å². The zero-order valence-corrected chi connectivity index (χ0v) is 19.9. The Morgan fingerprint density at radius 3 is 2.63 bits per heavy atom. The number of para-hydroxylation sites is 3. The zero-order chi connectivity index (χ0) is 24.2. The fraction of sp³-hybridized carbons (Fsp3) is 0.241. The first-order valence-electron chi connectivity index (χ1n) is 11.9. The molecule has 0 aliphatic carbocycles. The first-order valence-corrected chi connectivity index (χ1v) is 11.9. The molecule has 0 saturated carbocycles. The molecular weight excluding hydrogens is 438 g/mol. The van der Waals surface area contributed by atoms with E-state index in [-0.39, 0.29) is 11.8 Å². The minimum atomic E-state index is 0.00468. The normalized spacial score (nSPS) is 15.5. The molecule has 0 radical (unpaired) electrons. The lowest BCUT2D eigenvalue weighted by Gasteiger charge is -2.18. The van der Waals surface area contributed by atoms with Gasteiger partial charge in [-0.15, -0.1) is 6.58 Å². The third-order valence-electron chi connectivity index (χ3n) is 6.47. The van der Waals surface area contributed by atoms with Gasteiger partial charge in [0.15, 0.2) is 0 Å². The number of aromatic nitrogens is 2. The SMILES string of the molecule is C=CCc1ccccc1OCCn1c([C@H]2CC(=O)N(c3ccc(OC)cc3)C2)nc2ccccc21. The number of amides is 1. The summed E-state index contributed by atoms with van der Waals surface area (Å²) in [5, 5.41) is 0. The lowest BCUT2D eigenvalue weighted by Crippen LogP contribution is -2.24. The molecule has 1 atom stereocenters. The topological polar surface area (TPSA) is 56.6 Å². The van der Waals surface area contributed by atoms with Gasteiger partial charge in [0.25, 0.3) is 0 Å². The van der Waals surface area contributed by atoms with Crippen molar-refractivity contribution in [3.8, 4) is 11.5 Å². The van der Waals surface area contributed by atoms with E-state index in [4.69, 9.17) is 14.5 Å². The average Bonchev–Trinajstić information content (AvgIpc) is 3.46. The van der Waals surface area contributed by atoms with Crippen LogP contribution < -0.4 is 14.4 Å². The minimum absolute atomic E-state index is 0.00468. The Kier molecular flexibility index (Phi) is 6.53. The number of imidazole rings is 1. The number of benzene rings is 3. The van der Waals surface area contributed by atoms with Crippen molar-refractivity contribution in [2.75, 3.05) is 25.2 Å². The summed E-state index contributed by atoms with van der Waals surface area (Å²) >= 11 is 0. The number of nitrogens with zero attached hydrogens (tertiary/aromatic N) is 3. The summed E-state index contributed by atoms with van der Waals surface area (Å²) in [5.74, 6) is 2.69. The number of allylic oxidation sites excluding steroid dienone is 1. The number of hydrogen-bond donors (Lipinski definition) is 0. The van der Waals surface area contributed by atoms with Gasteiger partial charge in [0.2, 0.25) is 5.91 Å². The largest absolute Gasteiger partial charge is 0.497 e. The smallest absolute Gasteiger partial charge is 0.227 e. The van der Waals surface area contributed by atoms with Crippen LogP contribution in [0.2, 0.25) is 0 Å². The minimum Gasteiger partial charge on any atom is -0.497 e. The van der Waals surface area contributed by atoms with Gasteiger partial charge >= 0.3 is 0 Å². The van der Waals surface area contributed by atoms with Crippen molar-refractivity contribution in [2.24, 2.45) is 0 Å². The molecule has 0 unspecified atom stereocenters. The van der Waals surface area contributed by atoms with Gasteiger partial charge < -0.3 is 18.9 Å². The van der Waals surface area contributed by atoms with Crippen LogP contribution >= 0.6 is 0 Å². The van der Waals surface area contributed by atoms with Crippen LogP contribution in [0, 0.1) is 0 Å². The molecule has 1 aromatic heterocycles. The number of carbonyl (C=O) groups excluding carboxylic acids is 1. The van der Waals surface area contributed by atoms with Gasteiger partial charge in [0, 0.05) is 24.6 Å². The molecule has 1 aliphatic heterocycles. The Labute approximate surface area is 205 Å². The van der Waals surface area contributed by atoms with Gasteiger partial charge in [-0.25, -0.2) is 4.98 Å². The average molecular weight is 468 g/mol. The summed E-state index contributed by atoms with van der Waals surface area (Å²) in [6.07, 6.45) is 3.08. The molecule has 35 heavy (non-hydrogen) atoms. The molecule has 0 N–H and O–H groups in total. The van der Waals surface area contributed by atoms with Crippen molar-refractivity contribution in [1.82, 2.24) is 9.55 Å². The highest BCUT2D eigenvalue weighted by Gasteiger charge is 2.34. The predicted octanol–water partition coefficient (Wildman–Crippen LogP) is 5.37. The van der Waals surface area contributed by atoms with Crippen molar-refractivity contribution < 1.29 is 14.3 Å². The fourth-order valence-corrected chi connectivity index (χ4v) is 4.75. The van der Waals surface area contributed by atoms with Crippen molar-refractivity contribution in [3.63, 3.8) is 0 Å². The van der Waals surface area contributed by atoms with Crippen LogP contribution in [0.4, 0.5) is 5.69 Å². The quantitative estimate of drug-likeness (QED) is 0.311. The van der Waals surface area contributed by atoms with Gasteiger partial charge in [-0.1, -0.05) is 36.4 Å². The summed E-state index contributed by atoms with van der Waals surface area (Å²) < 4.78 is 13.6. The van der Waals surface area contributed by atoms with Gasteiger partial charge in [-0.2, -0.15) is 0 Å². The number of hydrogen-bond acceptors (Lipinski definition) is 4. The molecule has 2 heterocycles. The maximum atomic E-state index is 13.0. The van der Waals surface area contributed by atoms with E-state index in [9.17, 15) is 4.79 Å². The molecule has 4 aromatic rings. The van der Waals surface area contributed by atoms with E-state index in [0.29, 0.717) is 26.1 Å². The Bertz CT molecular complexity index is 1340.